The largest absolute Gasteiger partial charge is 0.508 e. The van der Waals surface area contributed by atoms with Crippen LogP contribution in [0.4, 0.5) is 5.69 Å². The average Bonchev–Trinajstić information content (AvgIpc) is 3.47. The number of anilines is 1. The van der Waals surface area contributed by atoms with E-state index in [2.05, 4.69) is 6.08 Å². The van der Waals surface area contributed by atoms with Crippen LogP contribution in [0, 0.1) is 30.6 Å². The summed E-state index contributed by atoms with van der Waals surface area (Å²) in [7, 11) is 0. The number of carbonyl (C=O) groups is 4. The summed E-state index contributed by atoms with van der Waals surface area (Å²) in [5.41, 5.74) is 2.17. The minimum Gasteiger partial charge on any atom is -0.508 e. The molecule has 4 fully saturated rings. The van der Waals surface area contributed by atoms with Crippen molar-refractivity contribution < 1.29 is 24.3 Å². The van der Waals surface area contributed by atoms with Crippen LogP contribution in [0.2, 0.25) is 5.02 Å². The molecule has 47 heavy (non-hydrogen) atoms. The van der Waals surface area contributed by atoms with Gasteiger partial charge in [0, 0.05) is 17.0 Å². The summed E-state index contributed by atoms with van der Waals surface area (Å²) < 4.78 is 0. The Morgan fingerprint density at radius 2 is 1.60 bits per heavy atom. The van der Waals surface area contributed by atoms with Crippen molar-refractivity contribution >= 4 is 40.9 Å². The van der Waals surface area contributed by atoms with E-state index in [1.54, 1.807) is 35.2 Å². The van der Waals surface area contributed by atoms with Crippen molar-refractivity contribution in [1.29, 1.82) is 0 Å². The van der Waals surface area contributed by atoms with Crippen LogP contribution in [0.1, 0.15) is 67.6 Å². The molecule has 0 spiro atoms. The maximum atomic E-state index is 15.3. The van der Waals surface area contributed by atoms with E-state index >= 15 is 4.79 Å². The number of carbonyl (C=O) groups excluding carboxylic acids is 4. The molecular formula is C39H37ClN2O5. The van der Waals surface area contributed by atoms with Crippen LogP contribution in [0.15, 0.2) is 84.4 Å². The summed E-state index contributed by atoms with van der Waals surface area (Å²) in [6.07, 6.45) is 7.56. The van der Waals surface area contributed by atoms with Gasteiger partial charge < -0.3 is 5.11 Å². The van der Waals surface area contributed by atoms with Gasteiger partial charge >= 0.3 is 0 Å². The van der Waals surface area contributed by atoms with Crippen molar-refractivity contribution in [3.8, 4) is 5.75 Å². The third-order valence-corrected chi connectivity index (χ3v) is 11.9. The molecule has 5 aliphatic rings. The van der Waals surface area contributed by atoms with E-state index in [0.29, 0.717) is 22.7 Å². The number of phenolic OH excluding ortho intramolecular Hbond substituents is 1. The molecule has 0 bridgehead atoms. The van der Waals surface area contributed by atoms with Crippen LogP contribution >= 0.6 is 11.6 Å². The predicted octanol–water partition coefficient (Wildman–Crippen LogP) is 6.85. The average molecular weight is 649 g/mol. The van der Waals surface area contributed by atoms with Gasteiger partial charge in [-0.15, -0.1) is 0 Å². The first-order valence-corrected chi connectivity index (χ1v) is 17.2. The Hall–Kier alpha value is -4.23. The second-order valence-electron chi connectivity index (χ2n) is 14.0. The molecule has 6 atom stereocenters. The summed E-state index contributed by atoms with van der Waals surface area (Å²) in [6.45, 7) is 1.82. The van der Waals surface area contributed by atoms with Crippen LogP contribution in [-0.4, -0.2) is 39.7 Å². The molecule has 0 radical (unpaired) electrons. The van der Waals surface area contributed by atoms with Crippen LogP contribution < -0.4 is 4.90 Å². The topological polar surface area (TPSA) is 95.0 Å². The Labute approximate surface area is 279 Å². The van der Waals surface area contributed by atoms with Crippen molar-refractivity contribution in [3.05, 3.63) is 106 Å². The molecule has 0 aromatic heterocycles. The number of halogens is 1. The highest BCUT2D eigenvalue weighted by atomic mass is 35.5. The fourth-order valence-corrected chi connectivity index (χ4v) is 9.89. The van der Waals surface area contributed by atoms with Crippen LogP contribution in [0.3, 0.4) is 0 Å². The standard InChI is InChI=1S/C39H37ClN2O5/c1-22-19-23(15-18-32(22)43)34-28-16-17-29-33(37(46)41(35(29)44)26-12-6-3-7-13-26)30(28)21-31-36(45)42(27-14-8-11-25(40)20-27)38(47)39(31,34)24-9-4-2-5-10-24/h2,4-5,8-11,14-16,18-20,26,29-31,33-34,43H,3,6-7,12-13,17,21H2,1H3. The third kappa shape index (κ3) is 4.31. The first-order valence-electron chi connectivity index (χ1n) is 16.8. The number of hydrogen-bond acceptors (Lipinski definition) is 5. The number of allylic oxidation sites excluding steroid dienone is 2. The Kier molecular flexibility index (Phi) is 7.17. The molecule has 2 saturated heterocycles. The molecule has 2 saturated carbocycles. The molecule has 1 N–H and O–H groups in total. The van der Waals surface area contributed by atoms with E-state index in [4.69, 9.17) is 11.6 Å². The zero-order chi connectivity index (χ0) is 32.6. The molecule has 6 unspecified atom stereocenters. The lowest BCUT2D eigenvalue weighted by Crippen LogP contribution is -2.53. The van der Waals surface area contributed by atoms with E-state index < -0.39 is 35.0 Å². The van der Waals surface area contributed by atoms with E-state index in [-0.39, 0.29) is 41.8 Å². The Bertz CT molecular complexity index is 1850. The van der Waals surface area contributed by atoms with Crippen molar-refractivity contribution in [2.75, 3.05) is 4.90 Å². The molecule has 3 aromatic rings. The van der Waals surface area contributed by atoms with Gasteiger partial charge in [-0.2, -0.15) is 0 Å². The monoisotopic (exact) mass is 648 g/mol. The maximum Gasteiger partial charge on any atom is 0.246 e. The fraction of sp³-hybridized carbons (Fsp3) is 0.385. The van der Waals surface area contributed by atoms with Gasteiger partial charge in [-0.1, -0.05) is 91.0 Å². The smallest absolute Gasteiger partial charge is 0.246 e. The number of aryl methyl sites for hydroxylation is 1. The number of rotatable bonds is 4. The normalized spacial score (nSPS) is 30.7. The zero-order valence-corrected chi connectivity index (χ0v) is 27.0. The highest BCUT2D eigenvalue weighted by Gasteiger charge is 2.70. The van der Waals surface area contributed by atoms with Gasteiger partial charge in [-0.05, 0) is 79.5 Å². The molecule has 7 nitrogen and oxygen atoms in total. The second-order valence-corrected chi connectivity index (χ2v) is 14.4. The molecule has 4 amide bonds. The van der Waals surface area contributed by atoms with Gasteiger partial charge in [-0.3, -0.25) is 24.1 Å². The molecule has 2 heterocycles. The van der Waals surface area contributed by atoms with Crippen molar-refractivity contribution in [2.45, 2.75) is 69.2 Å². The number of aromatic hydroxyl groups is 1. The fourth-order valence-electron chi connectivity index (χ4n) is 9.70. The molecule has 240 valence electrons. The summed E-state index contributed by atoms with van der Waals surface area (Å²) in [5, 5.41) is 11.0. The van der Waals surface area contributed by atoms with Gasteiger partial charge in [0.05, 0.1) is 28.9 Å². The number of likely N-dealkylation sites (tertiary alicyclic amines) is 1. The van der Waals surface area contributed by atoms with Crippen LogP contribution in [0.5, 0.6) is 5.75 Å². The minimum atomic E-state index is -1.33. The third-order valence-electron chi connectivity index (χ3n) is 11.7. The second kappa shape index (κ2) is 11.2. The first kappa shape index (κ1) is 30.1. The Balaban J connectivity index is 1.34. The number of phenols is 1. The number of amides is 4. The number of fused-ring (bicyclic) bond motifs is 4. The highest BCUT2D eigenvalue weighted by Crippen LogP contribution is 2.64. The van der Waals surface area contributed by atoms with Gasteiger partial charge in [0.1, 0.15) is 5.75 Å². The van der Waals surface area contributed by atoms with Crippen molar-refractivity contribution in [1.82, 2.24) is 4.90 Å². The summed E-state index contributed by atoms with van der Waals surface area (Å²) in [6, 6.07) is 21.6. The van der Waals surface area contributed by atoms with Crippen LogP contribution in [-0.2, 0) is 24.6 Å². The predicted molar refractivity (Wildman–Crippen MR) is 178 cm³/mol. The van der Waals surface area contributed by atoms with E-state index in [0.717, 1.165) is 48.8 Å². The molecule has 8 rings (SSSR count). The minimum absolute atomic E-state index is 0.0756. The molecule has 3 aliphatic carbocycles. The lowest BCUT2D eigenvalue weighted by Gasteiger charge is -2.50. The summed E-state index contributed by atoms with van der Waals surface area (Å²) in [5.74, 6) is -3.60. The lowest BCUT2D eigenvalue weighted by atomic mass is 9.49. The van der Waals surface area contributed by atoms with E-state index in [1.165, 1.54) is 4.90 Å². The first-order chi connectivity index (χ1) is 22.7. The summed E-state index contributed by atoms with van der Waals surface area (Å²) >= 11 is 6.39. The molecule has 2 aliphatic heterocycles. The maximum absolute atomic E-state index is 15.3. The highest BCUT2D eigenvalue weighted by molar-refractivity contribution is 6.32. The van der Waals surface area contributed by atoms with Gasteiger partial charge in [0.25, 0.3) is 0 Å². The summed E-state index contributed by atoms with van der Waals surface area (Å²) in [4.78, 5) is 61.3. The molecule has 8 heteroatoms. The van der Waals surface area contributed by atoms with E-state index in [1.807, 2.05) is 49.4 Å². The van der Waals surface area contributed by atoms with Crippen molar-refractivity contribution in [3.63, 3.8) is 0 Å². The Morgan fingerprint density at radius 3 is 2.32 bits per heavy atom. The molecular weight excluding hydrogens is 612 g/mol. The van der Waals surface area contributed by atoms with Crippen LogP contribution in [0.25, 0.3) is 0 Å². The Morgan fingerprint density at radius 1 is 0.830 bits per heavy atom. The number of hydrogen-bond donors (Lipinski definition) is 1. The SMILES string of the molecule is Cc1cc(C2C3=CCC4C(=O)N(C5CCCCC5)C(=O)C4C3CC3C(=O)N(c4cccc(Cl)c4)C(=O)C32c2ccccc2)ccc1O. The quantitative estimate of drug-likeness (QED) is 0.247. The molecule has 3 aromatic carbocycles. The van der Waals surface area contributed by atoms with Gasteiger partial charge in [-0.25, -0.2) is 4.90 Å². The zero-order valence-electron chi connectivity index (χ0n) is 26.3. The number of benzene rings is 3. The number of nitrogens with zero attached hydrogens (tertiary/aromatic N) is 2. The van der Waals surface area contributed by atoms with Gasteiger partial charge in [0.15, 0.2) is 0 Å². The van der Waals surface area contributed by atoms with Gasteiger partial charge in [0.2, 0.25) is 23.6 Å². The van der Waals surface area contributed by atoms with E-state index in [9.17, 15) is 19.5 Å². The lowest BCUT2D eigenvalue weighted by molar-refractivity contribution is -0.143. The van der Waals surface area contributed by atoms with Crippen molar-refractivity contribution in [2.24, 2.45) is 23.7 Å². The number of imide groups is 2.